The van der Waals surface area contributed by atoms with Gasteiger partial charge >= 0.3 is 17.9 Å². The van der Waals surface area contributed by atoms with Gasteiger partial charge in [0.25, 0.3) is 0 Å². The number of hydrogen-bond donors (Lipinski definition) is 3. The number of aliphatic carboxylic acids is 1. The lowest BCUT2D eigenvalue weighted by molar-refractivity contribution is -0.167. The molecule has 0 spiro atoms. The van der Waals surface area contributed by atoms with E-state index >= 15 is 0 Å². The molecule has 0 aliphatic carbocycles. The Balaban J connectivity index is 2.42. The van der Waals surface area contributed by atoms with Gasteiger partial charge in [-0.3, -0.25) is 19.2 Å². The lowest BCUT2D eigenvalue weighted by Crippen LogP contribution is -2.56. The van der Waals surface area contributed by atoms with Crippen LogP contribution in [0.3, 0.4) is 0 Å². The lowest BCUT2D eigenvalue weighted by Gasteiger charge is -2.35. The maximum atomic E-state index is 13.5. The number of amides is 2. The number of nitrogens with zero attached hydrogens (tertiary/aromatic N) is 1. The molecular formula is C28H41N3O8. The summed E-state index contributed by atoms with van der Waals surface area (Å²) < 4.78 is 11.2. The van der Waals surface area contributed by atoms with E-state index in [1.54, 1.807) is 45.0 Å². The van der Waals surface area contributed by atoms with Gasteiger partial charge in [-0.2, -0.15) is 0 Å². The highest BCUT2D eigenvalue weighted by Crippen LogP contribution is 2.29. The summed E-state index contributed by atoms with van der Waals surface area (Å²) in [5, 5.41) is 12.4. The summed E-state index contributed by atoms with van der Waals surface area (Å²) in [5.74, 6) is -4.11. The molecule has 11 nitrogen and oxygen atoms in total. The van der Waals surface area contributed by atoms with Crippen LogP contribution in [0.1, 0.15) is 59.4 Å². The highest BCUT2D eigenvalue weighted by molar-refractivity contribution is 5.86. The Morgan fingerprint density at radius 1 is 1.13 bits per heavy atom. The Bertz CT molecular complexity index is 1020. The molecule has 1 aliphatic rings. The standard InChI is InChI=1S/C28H41N3O8/c1-6-17(4)26(35)30-20(14-19-10-8-7-9-11-19)28(37)39-22(15-23(33)34)25-21(38-18(5)32)12-13-31(25)27(36)24(29)16(2)3/h7-11,16-17,20-22,24-25H,6,12-15,29H2,1-5H3,(H,30,35)(H,33,34). The molecule has 6 unspecified atom stereocenters. The number of nitrogens with two attached hydrogens (primary N) is 1. The van der Waals surface area contributed by atoms with E-state index in [1.165, 1.54) is 11.8 Å². The Hall–Kier alpha value is -3.47. The first-order chi connectivity index (χ1) is 18.3. The van der Waals surface area contributed by atoms with Crippen LogP contribution in [0.25, 0.3) is 0 Å². The van der Waals surface area contributed by atoms with E-state index in [-0.39, 0.29) is 37.1 Å². The van der Waals surface area contributed by atoms with Gasteiger partial charge in [-0.15, -0.1) is 0 Å². The van der Waals surface area contributed by atoms with Gasteiger partial charge in [-0.25, -0.2) is 4.79 Å². The number of likely N-dealkylation sites (tertiary alicyclic amines) is 1. The second-order valence-corrected chi connectivity index (χ2v) is 10.4. The van der Waals surface area contributed by atoms with Crippen molar-refractivity contribution in [3.8, 4) is 0 Å². The highest BCUT2D eigenvalue weighted by atomic mass is 16.6. The van der Waals surface area contributed by atoms with Crippen molar-refractivity contribution in [2.75, 3.05) is 6.54 Å². The Labute approximate surface area is 229 Å². The fraction of sp³-hybridized carbons (Fsp3) is 0.607. The molecule has 2 amide bonds. The zero-order chi connectivity index (χ0) is 29.3. The van der Waals surface area contributed by atoms with E-state index < -0.39 is 60.6 Å². The van der Waals surface area contributed by atoms with E-state index in [2.05, 4.69) is 5.32 Å². The van der Waals surface area contributed by atoms with E-state index in [9.17, 15) is 29.1 Å². The maximum Gasteiger partial charge on any atom is 0.329 e. The summed E-state index contributed by atoms with van der Waals surface area (Å²) in [5.41, 5.74) is 6.87. The Morgan fingerprint density at radius 3 is 2.31 bits per heavy atom. The van der Waals surface area contributed by atoms with Gasteiger partial charge in [0.1, 0.15) is 24.3 Å². The quantitative estimate of drug-likeness (QED) is 0.311. The number of carboxylic acids is 1. The largest absolute Gasteiger partial charge is 0.481 e. The molecule has 6 atom stereocenters. The molecule has 0 saturated carbocycles. The monoisotopic (exact) mass is 547 g/mol. The minimum absolute atomic E-state index is 0.112. The number of carbonyl (C=O) groups is 5. The van der Waals surface area contributed by atoms with Gasteiger partial charge < -0.3 is 30.5 Å². The zero-order valence-corrected chi connectivity index (χ0v) is 23.3. The molecule has 0 aromatic heterocycles. The van der Waals surface area contributed by atoms with E-state index in [0.717, 1.165) is 5.56 Å². The molecule has 2 rings (SSSR count). The smallest absolute Gasteiger partial charge is 0.329 e. The molecule has 0 bridgehead atoms. The third-order valence-corrected chi connectivity index (χ3v) is 6.97. The zero-order valence-electron chi connectivity index (χ0n) is 23.3. The van der Waals surface area contributed by atoms with Crippen molar-refractivity contribution in [2.45, 2.75) is 90.6 Å². The van der Waals surface area contributed by atoms with Crippen molar-refractivity contribution in [2.24, 2.45) is 17.6 Å². The molecule has 0 radical (unpaired) electrons. The van der Waals surface area contributed by atoms with Gasteiger partial charge in [-0.1, -0.05) is 58.0 Å². The number of ether oxygens (including phenoxy) is 2. The van der Waals surface area contributed by atoms with E-state index in [1.807, 2.05) is 13.0 Å². The molecule has 4 N–H and O–H groups in total. The van der Waals surface area contributed by atoms with Crippen molar-refractivity contribution >= 4 is 29.7 Å². The van der Waals surface area contributed by atoms with Crippen molar-refractivity contribution in [1.82, 2.24) is 10.2 Å². The predicted molar refractivity (Wildman–Crippen MR) is 142 cm³/mol. The molecule has 11 heteroatoms. The van der Waals surface area contributed by atoms with Gasteiger partial charge in [0.05, 0.1) is 12.5 Å². The van der Waals surface area contributed by atoms with Crippen LogP contribution in [0.5, 0.6) is 0 Å². The van der Waals surface area contributed by atoms with E-state index in [0.29, 0.717) is 6.42 Å². The summed E-state index contributed by atoms with van der Waals surface area (Å²) in [6, 6.07) is 5.95. The third-order valence-electron chi connectivity index (χ3n) is 6.97. The second-order valence-electron chi connectivity index (χ2n) is 10.4. The van der Waals surface area contributed by atoms with Crippen LogP contribution in [-0.4, -0.2) is 76.6 Å². The van der Waals surface area contributed by atoms with Crippen LogP contribution in [0.4, 0.5) is 0 Å². The number of rotatable bonds is 13. The minimum Gasteiger partial charge on any atom is -0.481 e. The van der Waals surface area contributed by atoms with Crippen LogP contribution in [0.2, 0.25) is 0 Å². The number of nitrogens with one attached hydrogen (secondary N) is 1. The molecule has 1 aromatic rings. The minimum atomic E-state index is -1.36. The topological polar surface area (TPSA) is 165 Å². The van der Waals surface area contributed by atoms with Gasteiger partial charge in [-0.05, 0) is 17.9 Å². The molecule has 1 saturated heterocycles. The number of carboxylic acid groups (broad SMARTS) is 1. The van der Waals surface area contributed by atoms with Gasteiger partial charge in [0.2, 0.25) is 11.8 Å². The van der Waals surface area contributed by atoms with Crippen LogP contribution >= 0.6 is 0 Å². The van der Waals surface area contributed by atoms with Crippen molar-refractivity contribution in [3.63, 3.8) is 0 Å². The average Bonchev–Trinajstić information content (AvgIpc) is 3.29. The average molecular weight is 548 g/mol. The van der Waals surface area contributed by atoms with Gasteiger partial charge in [0, 0.05) is 32.2 Å². The Morgan fingerprint density at radius 2 is 1.77 bits per heavy atom. The summed E-state index contributed by atoms with van der Waals surface area (Å²) in [6.07, 6.45) is -2.01. The van der Waals surface area contributed by atoms with Crippen molar-refractivity contribution in [1.29, 1.82) is 0 Å². The number of hydrogen-bond acceptors (Lipinski definition) is 8. The molecule has 1 aromatic carbocycles. The van der Waals surface area contributed by atoms with Crippen molar-refractivity contribution < 1.29 is 38.6 Å². The number of benzene rings is 1. The first-order valence-corrected chi connectivity index (χ1v) is 13.3. The molecule has 39 heavy (non-hydrogen) atoms. The summed E-state index contributed by atoms with van der Waals surface area (Å²) in [6.45, 7) is 8.49. The summed E-state index contributed by atoms with van der Waals surface area (Å²) >= 11 is 0. The van der Waals surface area contributed by atoms with Crippen LogP contribution in [-0.2, 0) is 39.9 Å². The third kappa shape index (κ3) is 9.05. The molecular weight excluding hydrogens is 506 g/mol. The predicted octanol–water partition coefficient (Wildman–Crippen LogP) is 1.66. The molecule has 1 fully saturated rings. The van der Waals surface area contributed by atoms with Crippen LogP contribution in [0.15, 0.2) is 30.3 Å². The highest BCUT2D eigenvalue weighted by Gasteiger charge is 2.48. The Kier molecular flexibility index (Phi) is 11.9. The van der Waals surface area contributed by atoms with E-state index in [4.69, 9.17) is 15.2 Å². The van der Waals surface area contributed by atoms with Crippen LogP contribution < -0.4 is 11.1 Å². The first kappa shape index (κ1) is 31.7. The second kappa shape index (κ2) is 14.6. The number of esters is 2. The fourth-order valence-electron chi connectivity index (χ4n) is 4.48. The van der Waals surface area contributed by atoms with Crippen molar-refractivity contribution in [3.05, 3.63) is 35.9 Å². The normalized spacial score (nSPS) is 20.0. The summed E-state index contributed by atoms with van der Waals surface area (Å²) in [4.78, 5) is 64.5. The molecule has 1 heterocycles. The summed E-state index contributed by atoms with van der Waals surface area (Å²) in [7, 11) is 0. The number of carbonyl (C=O) groups excluding carboxylic acids is 4. The van der Waals surface area contributed by atoms with Crippen LogP contribution in [0, 0.1) is 11.8 Å². The first-order valence-electron chi connectivity index (χ1n) is 13.3. The fourth-order valence-corrected chi connectivity index (χ4v) is 4.48. The molecule has 1 aliphatic heterocycles. The maximum absolute atomic E-state index is 13.5. The SMILES string of the molecule is CCC(C)C(=O)NC(Cc1ccccc1)C(=O)OC(CC(=O)O)C1C(OC(C)=O)CCN1C(=O)C(N)C(C)C. The van der Waals surface area contributed by atoms with Gasteiger partial charge in [0.15, 0.2) is 0 Å². The lowest BCUT2D eigenvalue weighted by atomic mass is 9.99. The molecule has 216 valence electrons.